The minimum Gasteiger partial charge on any atom is -0.508 e. The van der Waals surface area contributed by atoms with Gasteiger partial charge < -0.3 is 5.11 Å². The molecule has 2 rings (SSSR count). The Morgan fingerprint density at radius 2 is 1.88 bits per heavy atom. The largest absolute Gasteiger partial charge is 0.508 e. The Bertz CT molecular complexity index is 454. The van der Waals surface area contributed by atoms with E-state index in [-0.39, 0.29) is 0 Å². The highest BCUT2D eigenvalue weighted by Gasteiger charge is 2.06. The van der Waals surface area contributed by atoms with Gasteiger partial charge in [0.25, 0.3) is 0 Å². The summed E-state index contributed by atoms with van der Waals surface area (Å²) in [5.41, 5.74) is 4.50. The van der Waals surface area contributed by atoms with Gasteiger partial charge in [-0.25, -0.2) is 0 Å². The van der Waals surface area contributed by atoms with Crippen molar-refractivity contribution >= 4 is 0 Å². The number of nitrogens with zero attached hydrogens (tertiary/aromatic N) is 2. The summed E-state index contributed by atoms with van der Waals surface area (Å²) >= 11 is 0. The van der Waals surface area contributed by atoms with Crippen LogP contribution in [0.4, 0.5) is 0 Å². The average molecular weight is 217 g/mol. The molecule has 0 aliphatic carbocycles. The fourth-order valence-corrected chi connectivity index (χ4v) is 1.96. The third-order valence-corrected chi connectivity index (χ3v) is 2.78. The first-order valence-corrected chi connectivity index (χ1v) is 5.30. The molecule has 0 unspecified atom stereocenters. The number of phenols is 1. The fraction of sp³-hybridized carbons (Fsp3) is 0.333. The zero-order chi connectivity index (χ0) is 11.5. The Balaban J connectivity index is 2.15. The molecule has 84 valence electrons. The lowest BCUT2D eigenvalue weighted by molar-refractivity contribution is 0.474. The van der Waals surface area contributed by atoms with Crippen LogP contribution in [0.5, 0.6) is 5.75 Å². The molecule has 0 amide bonds. The van der Waals surface area contributed by atoms with E-state index in [1.165, 1.54) is 5.56 Å². The quantitative estimate of drug-likeness (QED) is 0.825. The van der Waals surface area contributed by atoms with Gasteiger partial charge in [-0.2, -0.15) is 15.4 Å². The maximum Gasteiger partial charge on any atom is 0.116 e. The first kappa shape index (κ1) is 10.7. The molecule has 0 atom stereocenters. The van der Waals surface area contributed by atoms with E-state index in [9.17, 15) is 5.11 Å². The van der Waals surface area contributed by atoms with Gasteiger partial charge in [0, 0.05) is 0 Å². The smallest absolute Gasteiger partial charge is 0.116 e. The van der Waals surface area contributed by atoms with Crippen LogP contribution in [0.25, 0.3) is 0 Å². The molecule has 4 nitrogen and oxygen atoms in total. The zero-order valence-corrected chi connectivity index (χ0v) is 9.49. The molecule has 0 bridgehead atoms. The van der Waals surface area contributed by atoms with Gasteiger partial charge in [-0.15, -0.1) is 0 Å². The van der Waals surface area contributed by atoms with E-state index in [4.69, 9.17) is 0 Å². The molecule has 0 saturated heterocycles. The van der Waals surface area contributed by atoms with Crippen molar-refractivity contribution in [2.75, 3.05) is 0 Å². The van der Waals surface area contributed by atoms with Crippen molar-refractivity contribution in [1.29, 1.82) is 0 Å². The van der Waals surface area contributed by atoms with Crippen molar-refractivity contribution in [2.24, 2.45) is 0 Å². The van der Waals surface area contributed by atoms with Crippen LogP contribution in [0.15, 0.2) is 18.3 Å². The van der Waals surface area contributed by atoms with E-state index in [0.717, 1.165) is 29.7 Å². The van der Waals surface area contributed by atoms with Crippen LogP contribution in [0, 0.1) is 13.8 Å². The lowest BCUT2D eigenvalue weighted by Gasteiger charge is -2.09. The van der Waals surface area contributed by atoms with Crippen LogP contribution in [-0.2, 0) is 12.8 Å². The van der Waals surface area contributed by atoms with Crippen molar-refractivity contribution < 1.29 is 5.11 Å². The molecular formula is C12H15N3O. The minimum absolute atomic E-state index is 0.334. The molecule has 0 radical (unpaired) electrons. The summed E-state index contributed by atoms with van der Waals surface area (Å²) in [5, 5.41) is 19.8. The van der Waals surface area contributed by atoms with E-state index < -0.39 is 0 Å². The normalized spacial score (nSPS) is 10.6. The van der Waals surface area contributed by atoms with Crippen LogP contribution in [0.3, 0.4) is 0 Å². The van der Waals surface area contributed by atoms with Gasteiger partial charge in [-0.05, 0) is 55.5 Å². The van der Waals surface area contributed by atoms with E-state index in [2.05, 4.69) is 15.4 Å². The highest BCUT2D eigenvalue weighted by atomic mass is 16.3. The van der Waals surface area contributed by atoms with Crippen molar-refractivity contribution in [3.8, 4) is 5.75 Å². The number of aromatic hydroxyl groups is 1. The van der Waals surface area contributed by atoms with Gasteiger partial charge in [-0.1, -0.05) is 0 Å². The van der Waals surface area contributed by atoms with Crippen molar-refractivity contribution in [1.82, 2.24) is 15.4 Å². The third kappa shape index (κ3) is 2.21. The molecule has 4 heteroatoms. The van der Waals surface area contributed by atoms with Gasteiger partial charge >= 0.3 is 0 Å². The lowest BCUT2D eigenvalue weighted by Crippen LogP contribution is -1.97. The Hall–Kier alpha value is -1.84. The van der Waals surface area contributed by atoms with Crippen molar-refractivity contribution in [3.63, 3.8) is 0 Å². The van der Waals surface area contributed by atoms with E-state index in [0.29, 0.717) is 5.75 Å². The number of aromatic nitrogens is 3. The second kappa shape index (κ2) is 4.35. The number of phenolic OH excluding ortho intramolecular Hbond substituents is 1. The summed E-state index contributed by atoms with van der Waals surface area (Å²) in [6, 6.07) is 3.59. The van der Waals surface area contributed by atoms with Crippen molar-refractivity contribution in [3.05, 3.63) is 40.7 Å². The molecule has 1 aromatic heterocycles. The second-order valence-corrected chi connectivity index (χ2v) is 4.02. The maximum atomic E-state index is 9.44. The van der Waals surface area contributed by atoms with Gasteiger partial charge in [0.05, 0.1) is 11.9 Å². The topological polar surface area (TPSA) is 61.8 Å². The molecule has 2 aromatic rings. The molecule has 0 aliphatic heterocycles. The Labute approximate surface area is 94.3 Å². The SMILES string of the molecule is Cc1cc(O)cc(C)c1CCc1cn[nH]n1. The van der Waals surface area contributed by atoms with E-state index in [1.54, 1.807) is 18.3 Å². The molecule has 0 aliphatic rings. The molecule has 2 N–H and O–H groups in total. The molecule has 1 heterocycles. The Morgan fingerprint density at radius 3 is 2.44 bits per heavy atom. The van der Waals surface area contributed by atoms with Gasteiger partial charge in [0.2, 0.25) is 0 Å². The summed E-state index contributed by atoms with van der Waals surface area (Å²) < 4.78 is 0. The minimum atomic E-state index is 0.334. The van der Waals surface area contributed by atoms with Gasteiger partial charge in [0.1, 0.15) is 5.75 Å². The number of benzene rings is 1. The summed E-state index contributed by atoms with van der Waals surface area (Å²) in [6.07, 6.45) is 3.53. The Kier molecular flexibility index (Phi) is 2.90. The zero-order valence-electron chi connectivity index (χ0n) is 9.49. The molecular weight excluding hydrogens is 202 g/mol. The third-order valence-electron chi connectivity index (χ3n) is 2.78. The standard InChI is InChI=1S/C12H15N3O/c1-8-5-11(16)6-9(2)12(8)4-3-10-7-13-15-14-10/h5-7,16H,3-4H2,1-2H3,(H,13,14,15). The molecule has 1 aromatic carbocycles. The molecule has 16 heavy (non-hydrogen) atoms. The number of rotatable bonds is 3. The monoisotopic (exact) mass is 217 g/mol. The molecule has 0 saturated carbocycles. The molecule has 0 fully saturated rings. The second-order valence-electron chi connectivity index (χ2n) is 4.02. The van der Waals surface area contributed by atoms with Crippen LogP contribution < -0.4 is 0 Å². The maximum absolute atomic E-state index is 9.44. The lowest BCUT2D eigenvalue weighted by atomic mass is 9.97. The number of aryl methyl sites for hydroxylation is 3. The van der Waals surface area contributed by atoms with Crippen LogP contribution in [-0.4, -0.2) is 20.5 Å². The average Bonchev–Trinajstić information content (AvgIpc) is 2.68. The highest BCUT2D eigenvalue weighted by molar-refractivity contribution is 5.40. The highest BCUT2D eigenvalue weighted by Crippen LogP contribution is 2.21. The van der Waals surface area contributed by atoms with Crippen LogP contribution >= 0.6 is 0 Å². The van der Waals surface area contributed by atoms with Gasteiger partial charge in [-0.3, -0.25) is 0 Å². The number of H-pyrrole nitrogens is 1. The predicted octanol–water partition coefficient (Wildman–Crippen LogP) is 1.91. The van der Waals surface area contributed by atoms with Crippen LogP contribution in [0.2, 0.25) is 0 Å². The first-order valence-electron chi connectivity index (χ1n) is 5.30. The van der Waals surface area contributed by atoms with Crippen molar-refractivity contribution in [2.45, 2.75) is 26.7 Å². The van der Waals surface area contributed by atoms with Gasteiger partial charge in [0.15, 0.2) is 0 Å². The fourth-order valence-electron chi connectivity index (χ4n) is 1.96. The summed E-state index contributed by atoms with van der Waals surface area (Å²) in [4.78, 5) is 0. The van der Waals surface area contributed by atoms with E-state index in [1.807, 2.05) is 13.8 Å². The number of hydrogen-bond acceptors (Lipinski definition) is 3. The van der Waals surface area contributed by atoms with Crippen LogP contribution in [0.1, 0.15) is 22.4 Å². The number of hydrogen-bond donors (Lipinski definition) is 2. The summed E-state index contributed by atoms with van der Waals surface area (Å²) in [6.45, 7) is 4.04. The number of nitrogens with one attached hydrogen (secondary N) is 1. The predicted molar refractivity (Wildman–Crippen MR) is 61.4 cm³/mol. The Morgan fingerprint density at radius 1 is 1.19 bits per heavy atom. The summed E-state index contributed by atoms with van der Waals surface area (Å²) in [5.74, 6) is 0.334. The number of aromatic amines is 1. The summed E-state index contributed by atoms with van der Waals surface area (Å²) in [7, 11) is 0. The first-order chi connectivity index (χ1) is 7.66. The van der Waals surface area contributed by atoms with E-state index >= 15 is 0 Å². The molecule has 0 spiro atoms.